The lowest BCUT2D eigenvalue weighted by Gasteiger charge is -2.28. The average Bonchev–Trinajstić information content (AvgIpc) is 3.22. The van der Waals surface area contributed by atoms with Gasteiger partial charge in [-0.2, -0.15) is 0 Å². The molecule has 1 aliphatic heterocycles. The topological polar surface area (TPSA) is 55.3 Å². The van der Waals surface area contributed by atoms with Crippen LogP contribution in [0.1, 0.15) is 11.1 Å². The Morgan fingerprint density at radius 2 is 1.83 bits per heavy atom. The van der Waals surface area contributed by atoms with E-state index in [4.69, 9.17) is 4.74 Å². The first-order valence-electron chi connectivity index (χ1n) is 9.54. The van der Waals surface area contributed by atoms with Gasteiger partial charge in [-0.1, -0.05) is 54.6 Å². The van der Waals surface area contributed by atoms with Crippen molar-refractivity contribution in [2.45, 2.75) is 13.0 Å². The molecule has 1 aliphatic rings. The lowest BCUT2D eigenvalue weighted by molar-refractivity contribution is -0.134. The average molecular weight is 401 g/mol. The Bertz CT molecular complexity index is 1170. The monoisotopic (exact) mass is 401 g/mol. The van der Waals surface area contributed by atoms with Crippen molar-refractivity contribution in [1.82, 2.24) is 14.9 Å². The molecule has 2 aromatic carbocycles. The molecule has 1 amide bonds. The summed E-state index contributed by atoms with van der Waals surface area (Å²) in [6, 6.07) is 18.4. The number of fused-ring (bicyclic) bond motifs is 2. The highest BCUT2D eigenvalue weighted by Crippen LogP contribution is 2.37. The molecule has 3 heterocycles. The van der Waals surface area contributed by atoms with Gasteiger partial charge in [-0.15, -0.1) is 11.3 Å². The number of carbonyl (C=O) groups is 1. The predicted octanol–water partition coefficient (Wildman–Crippen LogP) is 4.32. The van der Waals surface area contributed by atoms with Gasteiger partial charge in [0.2, 0.25) is 5.88 Å². The third-order valence-electron chi connectivity index (χ3n) is 5.24. The molecular formula is C23H19N3O2S. The molecule has 0 fully saturated rings. The summed E-state index contributed by atoms with van der Waals surface area (Å²) in [5.74, 6) is 0.434. The molecule has 0 atom stereocenters. The summed E-state index contributed by atoms with van der Waals surface area (Å²) in [5, 5.41) is 2.92. The standard InChI is InChI=1S/C23H19N3O2S/c27-20(26-11-10-16-6-4-5-9-18(16)12-26)13-28-22-21-19(17-7-2-1-3-8-17)14-29-23(21)25-15-24-22/h1-9,14-15H,10-13H2. The van der Waals surface area contributed by atoms with Gasteiger partial charge < -0.3 is 9.64 Å². The minimum atomic E-state index is -0.0294. The fourth-order valence-corrected chi connectivity index (χ4v) is 4.62. The number of nitrogens with zero attached hydrogens (tertiary/aromatic N) is 3. The summed E-state index contributed by atoms with van der Waals surface area (Å²) in [6.45, 7) is 1.32. The van der Waals surface area contributed by atoms with Crippen LogP contribution >= 0.6 is 11.3 Å². The van der Waals surface area contributed by atoms with Gasteiger partial charge in [-0.05, 0) is 23.1 Å². The zero-order valence-corrected chi connectivity index (χ0v) is 16.6. The minimum Gasteiger partial charge on any atom is -0.467 e. The van der Waals surface area contributed by atoms with E-state index in [1.54, 1.807) is 11.3 Å². The largest absolute Gasteiger partial charge is 0.467 e. The van der Waals surface area contributed by atoms with E-state index < -0.39 is 0 Å². The van der Waals surface area contributed by atoms with E-state index in [-0.39, 0.29) is 12.5 Å². The lowest BCUT2D eigenvalue weighted by Crippen LogP contribution is -2.38. The molecule has 0 spiro atoms. The first kappa shape index (κ1) is 17.8. The number of ether oxygens (including phenoxy) is 1. The summed E-state index contributed by atoms with van der Waals surface area (Å²) in [6.07, 6.45) is 2.37. The van der Waals surface area contributed by atoms with Crippen molar-refractivity contribution >= 4 is 27.5 Å². The van der Waals surface area contributed by atoms with Gasteiger partial charge in [-0.25, -0.2) is 9.97 Å². The molecule has 0 saturated heterocycles. The first-order chi connectivity index (χ1) is 14.3. The van der Waals surface area contributed by atoms with Crippen LogP contribution in [0.15, 0.2) is 66.3 Å². The number of aromatic nitrogens is 2. The fraction of sp³-hybridized carbons (Fsp3) is 0.174. The SMILES string of the molecule is O=C(COc1ncnc2scc(-c3ccccc3)c12)N1CCc2ccccc2C1. The Kier molecular flexibility index (Phi) is 4.69. The summed E-state index contributed by atoms with van der Waals surface area (Å²) in [7, 11) is 0. The second-order valence-corrected chi connectivity index (χ2v) is 7.86. The summed E-state index contributed by atoms with van der Waals surface area (Å²) in [5.41, 5.74) is 4.64. The van der Waals surface area contributed by atoms with E-state index in [0.29, 0.717) is 19.0 Å². The molecule has 0 unspecified atom stereocenters. The van der Waals surface area contributed by atoms with Crippen molar-refractivity contribution in [2.75, 3.05) is 13.2 Å². The number of carbonyl (C=O) groups excluding carboxylic acids is 1. The molecule has 29 heavy (non-hydrogen) atoms. The molecule has 0 saturated carbocycles. The maximum absolute atomic E-state index is 12.8. The van der Waals surface area contributed by atoms with Crippen molar-refractivity contribution in [3.05, 3.63) is 77.4 Å². The van der Waals surface area contributed by atoms with Gasteiger partial charge in [0.05, 0.1) is 5.39 Å². The van der Waals surface area contributed by atoms with Crippen LogP contribution in [0.3, 0.4) is 0 Å². The lowest BCUT2D eigenvalue weighted by atomic mass is 10.00. The van der Waals surface area contributed by atoms with Gasteiger partial charge >= 0.3 is 0 Å². The van der Waals surface area contributed by atoms with Crippen molar-refractivity contribution in [1.29, 1.82) is 0 Å². The van der Waals surface area contributed by atoms with Crippen LogP contribution in [-0.4, -0.2) is 33.9 Å². The second kappa shape index (κ2) is 7.64. The Labute approximate surface area is 172 Å². The predicted molar refractivity (Wildman–Crippen MR) is 114 cm³/mol. The Hall–Kier alpha value is -3.25. The highest BCUT2D eigenvalue weighted by molar-refractivity contribution is 7.17. The van der Waals surface area contributed by atoms with Crippen molar-refractivity contribution in [2.24, 2.45) is 0 Å². The number of amides is 1. The van der Waals surface area contributed by atoms with E-state index in [1.165, 1.54) is 17.5 Å². The zero-order valence-electron chi connectivity index (χ0n) is 15.7. The molecule has 0 aliphatic carbocycles. The van der Waals surface area contributed by atoms with E-state index in [2.05, 4.69) is 39.6 Å². The van der Waals surface area contributed by atoms with E-state index >= 15 is 0 Å². The molecule has 0 bridgehead atoms. The second-order valence-electron chi connectivity index (χ2n) is 7.00. The fourth-order valence-electron chi connectivity index (χ4n) is 3.72. The smallest absolute Gasteiger partial charge is 0.260 e. The van der Waals surface area contributed by atoms with Gasteiger partial charge in [-0.3, -0.25) is 4.79 Å². The normalized spacial score (nSPS) is 13.3. The molecule has 5 nitrogen and oxygen atoms in total. The number of rotatable bonds is 4. The number of hydrogen-bond acceptors (Lipinski definition) is 5. The zero-order chi connectivity index (χ0) is 19.6. The van der Waals surface area contributed by atoms with Crippen LogP contribution in [0, 0.1) is 0 Å². The van der Waals surface area contributed by atoms with Crippen LogP contribution in [0.5, 0.6) is 5.88 Å². The number of thiophene rings is 1. The van der Waals surface area contributed by atoms with E-state index in [0.717, 1.165) is 27.8 Å². The maximum atomic E-state index is 12.8. The molecule has 144 valence electrons. The molecule has 2 aromatic heterocycles. The Morgan fingerprint density at radius 3 is 2.69 bits per heavy atom. The highest BCUT2D eigenvalue weighted by Gasteiger charge is 2.22. The summed E-state index contributed by atoms with van der Waals surface area (Å²) >= 11 is 1.55. The quantitative estimate of drug-likeness (QED) is 0.511. The highest BCUT2D eigenvalue weighted by atomic mass is 32.1. The number of hydrogen-bond donors (Lipinski definition) is 0. The van der Waals surface area contributed by atoms with Crippen LogP contribution in [0.25, 0.3) is 21.3 Å². The van der Waals surface area contributed by atoms with Crippen LogP contribution in [0.4, 0.5) is 0 Å². The van der Waals surface area contributed by atoms with Crippen molar-refractivity contribution in [3.63, 3.8) is 0 Å². The van der Waals surface area contributed by atoms with E-state index in [9.17, 15) is 4.79 Å². The summed E-state index contributed by atoms with van der Waals surface area (Å²) in [4.78, 5) is 24.2. The van der Waals surface area contributed by atoms with Gasteiger partial charge in [0.1, 0.15) is 11.2 Å². The molecule has 4 aromatic rings. The van der Waals surface area contributed by atoms with Gasteiger partial charge in [0.25, 0.3) is 5.91 Å². The Balaban J connectivity index is 1.36. The Morgan fingerprint density at radius 1 is 1.03 bits per heavy atom. The van der Waals surface area contributed by atoms with E-state index in [1.807, 2.05) is 35.2 Å². The molecule has 6 heteroatoms. The third kappa shape index (κ3) is 3.47. The van der Waals surface area contributed by atoms with Crippen molar-refractivity contribution in [3.8, 4) is 17.0 Å². The number of benzene rings is 2. The molecule has 5 rings (SSSR count). The van der Waals surface area contributed by atoms with Crippen LogP contribution in [-0.2, 0) is 17.8 Å². The third-order valence-corrected chi connectivity index (χ3v) is 6.12. The van der Waals surface area contributed by atoms with Gasteiger partial charge in [0.15, 0.2) is 6.61 Å². The van der Waals surface area contributed by atoms with Crippen LogP contribution in [0.2, 0.25) is 0 Å². The molecule has 0 N–H and O–H groups in total. The van der Waals surface area contributed by atoms with Crippen LogP contribution < -0.4 is 4.74 Å². The first-order valence-corrected chi connectivity index (χ1v) is 10.4. The molecule has 0 radical (unpaired) electrons. The molecular weight excluding hydrogens is 382 g/mol. The van der Waals surface area contributed by atoms with Gasteiger partial charge in [0, 0.05) is 24.0 Å². The van der Waals surface area contributed by atoms with Crippen molar-refractivity contribution < 1.29 is 9.53 Å². The minimum absolute atomic E-state index is 0.0252. The summed E-state index contributed by atoms with van der Waals surface area (Å²) < 4.78 is 5.91. The maximum Gasteiger partial charge on any atom is 0.260 e.